The molecule has 3 aromatic heterocycles. The summed E-state index contributed by atoms with van der Waals surface area (Å²) in [6, 6.07) is 17.1. The van der Waals surface area contributed by atoms with Gasteiger partial charge in [0.05, 0.1) is 11.7 Å². The van der Waals surface area contributed by atoms with Gasteiger partial charge in [-0.1, -0.05) is 24.3 Å². The summed E-state index contributed by atoms with van der Waals surface area (Å²) in [5.74, 6) is -0.115. The normalized spacial score (nSPS) is 16.6. The Morgan fingerprint density at radius 2 is 1.73 bits per heavy atom. The third kappa shape index (κ3) is 7.60. The molecule has 14 heteroatoms. The van der Waals surface area contributed by atoms with Crippen molar-refractivity contribution < 1.29 is 14.4 Å². The van der Waals surface area contributed by atoms with Crippen molar-refractivity contribution in [3.8, 4) is 22.5 Å². The SMILES string of the molecule is Cc1cc(C(=O)Nc2ccn(C)n2)ncc1-c1ccc(C[C@H](N)C(=O)N(C(=O)C2CCC(CN)CC2)c2ccc(-c3nn[nH]n3)cc2)cc1. The average molecular weight is 662 g/mol. The molecule has 1 aliphatic rings. The second-order valence-corrected chi connectivity index (χ2v) is 12.5. The van der Waals surface area contributed by atoms with Gasteiger partial charge in [-0.25, -0.2) is 4.90 Å². The van der Waals surface area contributed by atoms with Crippen LogP contribution in [0, 0.1) is 18.8 Å². The summed E-state index contributed by atoms with van der Waals surface area (Å²) in [7, 11) is 1.77. The molecule has 252 valence electrons. The quantitative estimate of drug-likeness (QED) is 0.172. The van der Waals surface area contributed by atoms with E-state index in [-0.39, 0.29) is 29.8 Å². The first-order valence-electron chi connectivity index (χ1n) is 16.2. The lowest BCUT2D eigenvalue weighted by Gasteiger charge is -2.32. The van der Waals surface area contributed by atoms with E-state index in [0.717, 1.165) is 35.1 Å². The molecule has 1 fully saturated rings. The van der Waals surface area contributed by atoms with Crippen LogP contribution in [0.25, 0.3) is 22.5 Å². The zero-order chi connectivity index (χ0) is 34.5. The van der Waals surface area contributed by atoms with Crippen molar-refractivity contribution in [2.45, 2.75) is 45.1 Å². The maximum absolute atomic E-state index is 14.0. The Kier molecular flexibility index (Phi) is 9.97. The number of carbonyl (C=O) groups is 3. The summed E-state index contributed by atoms with van der Waals surface area (Å²) < 4.78 is 1.60. The van der Waals surface area contributed by atoms with Crippen LogP contribution in [0.15, 0.2) is 73.1 Å². The molecule has 1 saturated carbocycles. The fraction of sp³-hybridized carbons (Fsp3) is 0.314. The van der Waals surface area contributed by atoms with Gasteiger partial charge < -0.3 is 16.8 Å². The van der Waals surface area contributed by atoms with Crippen molar-refractivity contribution in [1.82, 2.24) is 35.4 Å². The van der Waals surface area contributed by atoms with E-state index in [0.29, 0.717) is 48.2 Å². The molecule has 5 aromatic rings. The van der Waals surface area contributed by atoms with Crippen LogP contribution in [-0.2, 0) is 23.1 Å². The molecule has 0 aliphatic heterocycles. The van der Waals surface area contributed by atoms with Crippen molar-refractivity contribution in [3.63, 3.8) is 0 Å². The van der Waals surface area contributed by atoms with Gasteiger partial charge in [-0.15, -0.1) is 10.2 Å². The number of anilines is 2. The predicted octanol–water partition coefficient (Wildman–Crippen LogP) is 3.42. The number of benzene rings is 2. The zero-order valence-corrected chi connectivity index (χ0v) is 27.4. The summed E-state index contributed by atoms with van der Waals surface area (Å²) >= 11 is 0. The number of hydrogen-bond donors (Lipinski definition) is 4. The monoisotopic (exact) mass is 661 g/mol. The van der Waals surface area contributed by atoms with Crippen LogP contribution in [0.3, 0.4) is 0 Å². The second kappa shape index (κ2) is 14.7. The van der Waals surface area contributed by atoms with Crippen molar-refractivity contribution >= 4 is 29.2 Å². The largest absolute Gasteiger partial charge is 0.330 e. The van der Waals surface area contributed by atoms with E-state index in [9.17, 15) is 14.4 Å². The number of tetrazole rings is 1. The molecular formula is C35H39N11O3. The van der Waals surface area contributed by atoms with Gasteiger partial charge >= 0.3 is 0 Å². The summed E-state index contributed by atoms with van der Waals surface area (Å²) in [4.78, 5) is 46.2. The second-order valence-electron chi connectivity index (χ2n) is 12.5. The Balaban J connectivity index is 1.16. The number of hydrogen-bond acceptors (Lipinski definition) is 10. The van der Waals surface area contributed by atoms with E-state index in [4.69, 9.17) is 11.5 Å². The van der Waals surface area contributed by atoms with Gasteiger partial charge in [0.1, 0.15) is 5.69 Å². The first-order chi connectivity index (χ1) is 23.7. The van der Waals surface area contributed by atoms with Crippen LogP contribution in [0.5, 0.6) is 0 Å². The van der Waals surface area contributed by atoms with Crippen LogP contribution >= 0.6 is 0 Å². The minimum absolute atomic E-state index is 0.230. The lowest BCUT2D eigenvalue weighted by Crippen LogP contribution is -2.50. The fourth-order valence-corrected chi connectivity index (χ4v) is 6.21. The van der Waals surface area contributed by atoms with Crippen LogP contribution < -0.4 is 21.7 Å². The van der Waals surface area contributed by atoms with Crippen molar-refractivity contribution in [2.75, 3.05) is 16.8 Å². The fourth-order valence-electron chi connectivity index (χ4n) is 6.21. The molecule has 0 saturated heterocycles. The highest BCUT2D eigenvalue weighted by Gasteiger charge is 2.35. The zero-order valence-electron chi connectivity index (χ0n) is 27.4. The maximum atomic E-state index is 14.0. The predicted molar refractivity (Wildman–Crippen MR) is 184 cm³/mol. The third-order valence-corrected chi connectivity index (χ3v) is 9.04. The first-order valence-corrected chi connectivity index (χ1v) is 16.2. The van der Waals surface area contributed by atoms with Crippen molar-refractivity contribution in [2.24, 2.45) is 30.4 Å². The van der Waals surface area contributed by atoms with E-state index < -0.39 is 11.9 Å². The van der Waals surface area contributed by atoms with Gasteiger partial charge in [0.25, 0.3) is 11.8 Å². The number of amides is 3. The molecular weight excluding hydrogens is 622 g/mol. The van der Waals surface area contributed by atoms with Crippen LogP contribution in [0.1, 0.15) is 47.3 Å². The Bertz CT molecular complexity index is 1910. The Morgan fingerprint density at radius 3 is 2.35 bits per heavy atom. The van der Waals surface area contributed by atoms with Crippen molar-refractivity contribution in [3.05, 3.63) is 89.9 Å². The summed E-state index contributed by atoms with van der Waals surface area (Å²) in [5, 5.41) is 21.0. The summed E-state index contributed by atoms with van der Waals surface area (Å²) in [6.07, 6.45) is 6.68. The molecule has 0 radical (unpaired) electrons. The molecule has 2 aromatic carbocycles. The highest BCUT2D eigenvalue weighted by atomic mass is 16.2. The topological polar surface area (TPSA) is 204 Å². The van der Waals surface area contributed by atoms with E-state index in [1.807, 2.05) is 31.2 Å². The van der Waals surface area contributed by atoms with Gasteiger partial charge in [0, 0.05) is 42.6 Å². The van der Waals surface area contributed by atoms with Gasteiger partial charge in [0.15, 0.2) is 5.82 Å². The van der Waals surface area contributed by atoms with Crippen LogP contribution in [0.2, 0.25) is 0 Å². The number of aryl methyl sites for hydroxylation is 2. The third-order valence-electron chi connectivity index (χ3n) is 9.04. The van der Waals surface area contributed by atoms with Crippen molar-refractivity contribution in [1.29, 1.82) is 0 Å². The van der Waals surface area contributed by atoms with Crippen LogP contribution in [0.4, 0.5) is 11.5 Å². The minimum Gasteiger partial charge on any atom is -0.330 e. The molecule has 0 bridgehead atoms. The lowest BCUT2D eigenvalue weighted by atomic mass is 9.81. The molecule has 0 unspecified atom stereocenters. The van der Waals surface area contributed by atoms with E-state index in [1.54, 1.807) is 60.5 Å². The lowest BCUT2D eigenvalue weighted by molar-refractivity contribution is -0.130. The number of nitrogens with one attached hydrogen (secondary N) is 2. The summed E-state index contributed by atoms with van der Waals surface area (Å²) in [6.45, 7) is 2.51. The smallest absolute Gasteiger partial charge is 0.275 e. The van der Waals surface area contributed by atoms with E-state index >= 15 is 0 Å². The molecule has 1 atom stereocenters. The Labute approximate surface area is 283 Å². The van der Waals surface area contributed by atoms with E-state index in [2.05, 4.69) is 36.0 Å². The molecule has 3 amide bonds. The Morgan fingerprint density at radius 1 is 1.02 bits per heavy atom. The Hall–Kier alpha value is -5.60. The molecule has 6 rings (SSSR count). The standard InChI is InChI=1S/C35H39N11O3/c1-21-17-30(33(47)39-31-15-16-45(2)42-31)38-20-28(21)24-7-3-22(4-8-24)18-29(37)35(49)46(34(48)26-9-5-23(19-36)6-10-26)27-13-11-25(12-14-27)32-40-43-44-41-32/h3-4,7-8,11-17,20,23,26,29H,5-6,9-10,18-19,36-37H2,1-2H3,(H,39,42,47)(H,40,41,43,44)/t23?,26?,29-/m0/s1. The van der Waals surface area contributed by atoms with Gasteiger partial charge in [0.2, 0.25) is 11.7 Å². The number of nitrogens with two attached hydrogens (primary N) is 2. The minimum atomic E-state index is -0.965. The first kappa shape index (κ1) is 33.3. The van der Waals surface area contributed by atoms with Gasteiger partial charge in [-0.2, -0.15) is 10.3 Å². The molecule has 14 nitrogen and oxygen atoms in total. The van der Waals surface area contributed by atoms with E-state index in [1.165, 1.54) is 4.90 Å². The number of pyridine rings is 1. The molecule has 6 N–H and O–H groups in total. The molecule has 3 heterocycles. The maximum Gasteiger partial charge on any atom is 0.275 e. The summed E-state index contributed by atoms with van der Waals surface area (Å²) in [5.41, 5.74) is 17.3. The van der Waals surface area contributed by atoms with Gasteiger partial charge in [-0.05, 0) is 104 Å². The highest BCUT2D eigenvalue weighted by Crippen LogP contribution is 2.32. The molecule has 1 aliphatic carbocycles. The number of aromatic nitrogens is 7. The number of carbonyl (C=O) groups excluding carboxylic acids is 3. The number of rotatable bonds is 10. The molecule has 0 spiro atoms. The van der Waals surface area contributed by atoms with Crippen LogP contribution in [-0.4, -0.2) is 65.7 Å². The van der Waals surface area contributed by atoms with Gasteiger partial charge in [-0.3, -0.25) is 24.0 Å². The number of nitrogens with zero attached hydrogens (tertiary/aromatic N) is 7. The number of imide groups is 1. The molecule has 49 heavy (non-hydrogen) atoms. The number of H-pyrrole nitrogens is 1. The average Bonchev–Trinajstić information content (AvgIpc) is 3.81. The highest BCUT2D eigenvalue weighted by molar-refractivity contribution is 6.17. The number of aromatic amines is 1.